The van der Waals surface area contributed by atoms with Gasteiger partial charge in [-0.1, -0.05) is 35.9 Å². The van der Waals surface area contributed by atoms with Crippen molar-refractivity contribution in [3.05, 3.63) is 64.2 Å². The molecule has 3 rings (SSSR count). The van der Waals surface area contributed by atoms with Crippen molar-refractivity contribution in [2.75, 3.05) is 7.11 Å². The fraction of sp³-hybridized carbons (Fsp3) is 0.294. The Hall–Kier alpha value is -1.16. The number of nitrogens with two attached hydrogens (primary N) is 1. The second kappa shape index (κ2) is 6.30. The number of halogens is 1. The van der Waals surface area contributed by atoms with Gasteiger partial charge >= 0.3 is 0 Å². The SMILES string of the molecule is COc1ccc2c(c1)C(N)C(SCc1ccccc1Cl)C2. The Bertz CT molecular complexity index is 646. The lowest BCUT2D eigenvalue weighted by atomic mass is 10.1. The van der Waals surface area contributed by atoms with E-state index in [9.17, 15) is 0 Å². The van der Waals surface area contributed by atoms with E-state index in [0.717, 1.165) is 22.9 Å². The van der Waals surface area contributed by atoms with E-state index in [4.69, 9.17) is 22.1 Å². The number of methoxy groups -OCH3 is 1. The van der Waals surface area contributed by atoms with Crippen LogP contribution in [0.25, 0.3) is 0 Å². The predicted octanol–water partition coefficient (Wildman–Crippen LogP) is 4.21. The zero-order valence-electron chi connectivity index (χ0n) is 11.9. The minimum absolute atomic E-state index is 0.0580. The Balaban J connectivity index is 1.70. The molecule has 2 N–H and O–H groups in total. The third kappa shape index (κ3) is 3.05. The Labute approximate surface area is 134 Å². The average molecular weight is 320 g/mol. The van der Waals surface area contributed by atoms with Gasteiger partial charge in [-0.2, -0.15) is 11.8 Å². The second-order valence-electron chi connectivity index (χ2n) is 5.24. The molecule has 0 saturated carbocycles. The van der Waals surface area contributed by atoms with Crippen LogP contribution in [0.1, 0.15) is 22.7 Å². The summed E-state index contributed by atoms with van der Waals surface area (Å²) in [4.78, 5) is 0. The minimum Gasteiger partial charge on any atom is -0.497 e. The second-order valence-corrected chi connectivity index (χ2v) is 6.87. The first-order valence-electron chi connectivity index (χ1n) is 6.96. The molecule has 2 unspecified atom stereocenters. The number of rotatable bonds is 4. The van der Waals surface area contributed by atoms with Gasteiger partial charge < -0.3 is 10.5 Å². The smallest absolute Gasteiger partial charge is 0.119 e. The summed E-state index contributed by atoms with van der Waals surface area (Å²) >= 11 is 8.09. The van der Waals surface area contributed by atoms with Gasteiger partial charge in [0, 0.05) is 22.1 Å². The molecular formula is C17H18ClNOS. The van der Waals surface area contributed by atoms with E-state index in [2.05, 4.69) is 18.2 Å². The number of benzene rings is 2. The van der Waals surface area contributed by atoms with Crippen molar-refractivity contribution in [2.24, 2.45) is 5.73 Å². The lowest BCUT2D eigenvalue weighted by Gasteiger charge is -2.16. The highest BCUT2D eigenvalue weighted by atomic mass is 35.5. The number of hydrogen-bond donors (Lipinski definition) is 1. The van der Waals surface area contributed by atoms with Crippen LogP contribution in [0.15, 0.2) is 42.5 Å². The van der Waals surface area contributed by atoms with E-state index in [0.29, 0.717) is 5.25 Å². The lowest BCUT2D eigenvalue weighted by Crippen LogP contribution is -2.19. The molecule has 0 fully saturated rings. The first-order chi connectivity index (χ1) is 10.2. The number of fused-ring (bicyclic) bond motifs is 1. The number of hydrogen-bond acceptors (Lipinski definition) is 3. The summed E-state index contributed by atoms with van der Waals surface area (Å²) in [6, 6.07) is 14.3. The van der Waals surface area contributed by atoms with E-state index >= 15 is 0 Å². The Morgan fingerprint density at radius 3 is 2.86 bits per heavy atom. The van der Waals surface area contributed by atoms with E-state index < -0.39 is 0 Å². The topological polar surface area (TPSA) is 35.2 Å². The van der Waals surface area contributed by atoms with Gasteiger partial charge in [0.15, 0.2) is 0 Å². The fourth-order valence-electron chi connectivity index (χ4n) is 2.72. The molecule has 0 saturated heterocycles. The van der Waals surface area contributed by atoms with Gasteiger partial charge in [-0.05, 0) is 41.3 Å². The molecule has 0 amide bonds. The maximum absolute atomic E-state index is 6.41. The summed E-state index contributed by atoms with van der Waals surface area (Å²) in [6.07, 6.45) is 1.01. The van der Waals surface area contributed by atoms with Crippen LogP contribution in [0.3, 0.4) is 0 Å². The molecule has 0 spiro atoms. The molecule has 0 aliphatic heterocycles. The summed E-state index contributed by atoms with van der Waals surface area (Å²) in [5.41, 5.74) is 10.1. The fourth-order valence-corrected chi connectivity index (χ4v) is 4.29. The van der Waals surface area contributed by atoms with Crippen molar-refractivity contribution in [1.82, 2.24) is 0 Å². The van der Waals surface area contributed by atoms with Gasteiger partial charge in [-0.3, -0.25) is 0 Å². The molecule has 110 valence electrons. The van der Waals surface area contributed by atoms with Crippen LogP contribution in [0, 0.1) is 0 Å². The molecule has 2 atom stereocenters. The van der Waals surface area contributed by atoms with Crippen molar-refractivity contribution in [3.63, 3.8) is 0 Å². The molecule has 0 radical (unpaired) electrons. The third-order valence-corrected chi connectivity index (χ3v) is 5.68. The molecule has 0 bridgehead atoms. The van der Waals surface area contributed by atoms with Crippen LogP contribution in [-0.2, 0) is 12.2 Å². The van der Waals surface area contributed by atoms with Gasteiger partial charge in [0.25, 0.3) is 0 Å². The first kappa shape index (κ1) is 14.8. The first-order valence-corrected chi connectivity index (χ1v) is 8.39. The van der Waals surface area contributed by atoms with Gasteiger partial charge in [-0.25, -0.2) is 0 Å². The van der Waals surface area contributed by atoms with Crippen LogP contribution in [0.5, 0.6) is 5.75 Å². The molecule has 0 aromatic heterocycles. The molecule has 1 aliphatic carbocycles. The molecule has 4 heteroatoms. The van der Waals surface area contributed by atoms with Crippen molar-refractivity contribution in [1.29, 1.82) is 0 Å². The minimum atomic E-state index is 0.0580. The van der Waals surface area contributed by atoms with Gasteiger partial charge in [0.1, 0.15) is 5.75 Å². The highest BCUT2D eigenvalue weighted by molar-refractivity contribution is 7.99. The molecule has 2 aromatic rings. The maximum Gasteiger partial charge on any atom is 0.119 e. The van der Waals surface area contributed by atoms with Gasteiger partial charge in [0.2, 0.25) is 0 Å². The van der Waals surface area contributed by atoms with Crippen LogP contribution in [0.2, 0.25) is 5.02 Å². The van der Waals surface area contributed by atoms with Crippen LogP contribution in [-0.4, -0.2) is 12.4 Å². The van der Waals surface area contributed by atoms with Crippen molar-refractivity contribution >= 4 is 23.4 Å². The van der Waals surface area contributed by atoms with Crippen LogP contribution >= 0.6 is 23.4 Å². The summed E-state index contributed by atoms with van der Waals surface area (Å²) < 4.78 is 5.29. The number of ether oxygens (including phenoxy) is 1. The van der Waals surface area contributed by atoms with Gasteiger partial charge in [-0.15, -0.1) is 0 Å². The molecule has 0 heterocycles. The van der Waals surface area contributed by atoms with Crippen LogP contribution in [0.4, 0.5) is 0 Å². The monoisotopic (exact) mass is 319 g/mol. The molecule has 2 aromatic carbocycles. The largest absolute Gasteiger partial charge is 0.497 e. The summed E-state index contributed by atoms with van der Waals surface area (Å²) in [6.45, 7) is 0. The van der Waals surface area contributed by atoms with Crippen LogP contribution < -0.4 is 10.5 Å². The zero-order valence-corrected chi connectivity index (χ0v) is 13.5. The molecule has 1 aliphatic rings. The highest BCUT2D eigenvalue weighted by Crippen LogP contribution is 2.40. The zero-order chi connectivity index (χ0) is 14.8. The quantitative estimate of drug-likeness (QED) is 0.917. The summed E-state index contributed by atoms with van der Waals surface area (Å²) in [5, 5.41) is 1.22. The maximum atomic E-state index is 6.41. The number of thioether (sulfide) groups is 1. The van der Waals surface area contributed by atoms with E-state index in [1.165, 1.54) is 16.7 Å². The molecular weight excluding hydrogens is 302 g/mol. The Morgan fingerprint density at radius 1 is 1.29 bits per heavy atom. The summed E-state index contributed by atoms with van der Waals surface area (Å²) in [5.74, 6) is 1.77. The van der Waals surface area contributed by atoms with Crippen molar-refractivity contribution in [3.8, 4) is 5.75 Å². The standard InChI is InChI=1S/C17H18ClNOS/c1-20-13-7-6-11-8-16(17(19)14(11)9-13)21-10-12-4-2-3-5-15(12)18/h2-7,9,16-17H,8,10,19H2,1H3. The Kier molecular flexibility index (Phi) is 4.43. The van der Waals surface area contributed by atoms with E-state index in [-0.39, 0.29) is 6.04 Å². The predicted molar refractivity (Wildman–Crippen MR) is 90.2 cm³/mol. The van der Waals surface area contributed by atoms with Gasteiger partial charge in [0.05, 0.1) is 7.11 Å². The van der Waals surface area contributed by atoms with Crippen molar-refractivity contribution < 1.29 is 4.74 Å². The third-order valence-electron chi connectivity index (χ3n) is 3.94. The molecule has 2 nitrogen and oxygen atoms in total. The highest BCUT2D eigenvalue weighted by Gasteiger charge is 2.30. The molecule has 21 heavy (non-hydrogen) atoms. The summed E-state index contributed by atoms with van der Waals surface area (Å²) in [7, 11) is 1.69. The lowest BCUT2D eigenvalue weighted by molar-refractivity contribution is 0.414. The Morgan fingerprint density at radius 2 is 2.10 bits per heavy atom. The average Bonchev–Trinajstić information content (AvgIpc) is 2.82. The van der Waals surface area contributed by atoms with E-state index in [1.54, 1.807) is 7.11 Å². The van der Waals surface area contributed by atoms with E-state index in [1.807, 2.05) is 36.0 Å². The normalized spacial score (nSPS) is 20.3. The van der Waals surface area contributed by atoms with Crippen molar-refractivity contribution in [2.45, 2.75) is 23.5 Å².